The van der Waals surface area contributed by atoms with Crippen molar-refractivity contribution < 1.29 is 19.4 Å². The normalized spacial score (nSPS) is 10.1. The van der Waals surface area contributed by atoms with Crippen molar-refractivity contribution in [2.24, 2.45) is 0 Å². The van der Waals surface area contributed by atoms with Crippen LogP contribution in [0.25, 0.3) is 0 Å². The molecule has 7 heteroatoms. The summed E-state index contributed by atoms with van der Waals surface area (Å²) in [5.74, 6) is -1.26. The van der Waals surface area contributed by atoms with Crippen LogP contribution in [-0.4, -0.2) is 25.3 Å². The van der Waals surface area contributed by atoms with E-state index in [0.29, 0.717) is 0 Å². The van der Waals surface area contributed by atoms with E-state index in [1.165, 1.54) is 14.2 Å². The summed E-state index contributed by atoms with van der Waals surface area (Å²) in [5.41, 5.74) is -0.304. The fourth-order valence-corrected chi connectivity index (χ4v) is 2.35. The van der Waals surface area contributed by atoms with Crippen LogP contribution < -0.4 is 9.47 Å². The topological polar surface area (TPSA) is 55.8 Å². The first kappa shape index (κ1) is 13.2. The first-order chi connectivity index (χ1) is 7.45. The Kier molecular flexibility index (Phi) is 4.13. The summed E-state index contributed by atoms with van der Waals surface area (Å²) in [4.78, 5) is 11.0. The Balaban J connectivity index is 3.70. The van der Waals surface area contributed by atoms with Gasteiger partial charge in [-0.15, -0.1) is 0 Å². The summed E-state index contributed by atoms with van der Waals surface area (Å²) < 4.78 is 9.80. The molecule has 0 aliphatic rings. The average molecular weight is 286 g/mol. The Morgan fingerprint density at radius 2 is 1.38 bits per heavy atom. The van der Waals surface area contributed by atoms with E-state index < -0.39 is 5.97 Å². The van der Waals surface area contributed by atoms with E-state index in [9.17, 15) is 4.79 Å². The number of benzene rings is 1. The molecule has 0 bridgehead atoms. The molecule has 0 spiro atoms. The third-order valence-corrected chi connectivity index (χ3v) is 2.92. The van der Waals surface area contributed by atoms with Crippen molar-refractivity contribution in [1.82, 2.24) is 0 Å². The van der Waals surface area contributed by atoms with Gasteiger partial charge in [0.2, 0.25) is 0 Å². The van der Waals surface area contributed by atoms with Gasteiger partial charge in [0.05, 0.1) is 14.2 Å². The Morgan fingerprint density at radius 1 is 1.00 bits per heavy atom. The van der Waals surface area contributed by atoms with E-state index in [0.717, 1.165) is 0 Å². The highest BCUT2D eigenvalue weighted by molar-refractivity contribution is 6.45. The second-order valence-electron chi connectivity index (χ2n) is 2.69. The Labute approximate surface area is 107 Å². The van der Waals surface area contributed by atoms with E-state index >= 15 is 0 Å². The molecule has 0 saturated carbocycles. The van der Waals surface area contributed by atoms with Crippen LogP contribution in [0.4, 0.5) is 0 Å². The fourth-order valence-electron chi connectivity index (χ4n) is 1.17. The van der Waals surface area contributed by atoms with Crippen LogP contribution in [0.3, 0.4) is 0 Å². The molecule has 0 fully saturated rings. The van der Waals surface area contributed by atoms with E-state index in [4.69, 9.17) is 49.4 Å². The molecule has 1 aromatic rings. The smallest absolute Gasteiger partial charge is 0.339 e. The molecule has 0 aliphatic heterocycles. The fraction of sp³-hybridized carbons (Fsp3) is 0.222. The third-order valence-electron chi connectivity index (χ3n) is 1.86. The van der Waals surface area contributed by atoms with E-state index in [2.05, 4.69) is 0 Å². The van der Waals surface area contributed by atoms with Gasteiger partial charge in [0, 0.05) is 0 Å². The molecule has 0 aromatic heterocycles. The van der Waals surface area contributed by atoms with E-state index in [1.807, 2.05) is 0 Å². The van der Waals surface area contributed by atoms with Gasteiger partial charge >= 0.3 is 5.97 Å². The molecule has 4 nitrogen and oxygen atoms in total. The van der Waals surface area contributed by atoms with Crippen molar-refractivity contribution >= 4 is 40.8 Å². The molecule has 0 aliphatic carbocycles. The maximum Gasteiger partial charge on any atom is 0.339 e. The van der Waals surface area contributed by atoms with Crippen LogP contribution in [-0.2, 0) is 0 Å². The lowest BCUT2D eigenvalue weighted by molar-refractivity contribution is 0.0696. The minimum absolute atomic E-state index is 0.0157. The minimum Gasteiger partial charge on any atom is -0.493 e. The molecule has 0 saturated heterocycles. The molecular weight excluding hydrogens is 278 g/mol. The van der Waals surface area contributed by atoms with Crippen LogP contribution in [0.15, 0.2) is 0 Å². The summed E-state index contributed by atoms with van der Waals surface area (Å²) >= 11 is 17.5. The number of rotatable bonds is 3. The highest BCUT2D eigenvalue weighted by atomic mass is 35.5. The molecular formula is C9H7Cl3O4. The zero-order valence-electron chi connectivity index (χ0n) is 8.31. The van der Waals surface area contributed by atoms with Crippen LogP contribution in [0.1, 0.15) is 10.4 Å². The molecule has 16 heavy (non-hydrogen) atoms. The van der Waals surface area contributed by atoms with Crippen LogP contribution in [0.5, 0.6) is 11.5 Å². The lowest BCUT2D eigenvalue weighted by Crippen LogP contribution is -2.03. The summed E-state index contributed by atoms with van der Waals surface area (Å²) in [6, 6.07) is 0. The summed E-state index contributed by atoms with van der Waals surface area (Å²) in [6.45, 7) is 0. The van der Waals surface area contributed by atoms with Gasteiger partial charge in [-0.25, -0.2) is 4.79 Å². The SMILES string of the molecule is COc1c(Cl)c(OC)c(Cl)c(C(=O)O)c1Cl. The average Bonchev–Trinajstić information content (AvgIpc) is 2.18. The standard InChI is InChI=1S/C9H7Cl3O4/c1-15-7-4(10)3(9(13)14)5(11)8(16-2)6(7)12/h1-2H3,(H,13,14). The Hall–Kier alpha value is -0.840. The lowest BCUT2D eigenvalue weighted by Gasteiger charge is -2.14. The lowest BCUT2D eigenvalue weighted by atomic mass is 10.2. The first-order valence-electron chi connectivity index (χ1n) is 3.97. The number of hydrogen-bond donors (Lipinski definition) is 1. The number of carboxylic acids is 1. The molecule has 0 heterocycles. The summed E-state index contributed by atoms with van der Waals surface area (Å²) in [5, 5.41) is 8.66. The van der Waals surface area contributed by atoms with Gasteiger partial charge in [-0.1, -0.05) is 34.8 Å². The number of carbonyl (C=O) groups is 1. The predicted molar refractivity (Wildman–Crippen MR) is 61.5 cm³/mol. The maximum absolute atomic E-state index is 11.0. The highest BCUT2D eigenvalue weighted by Gasteiger charge is 2.26. The Bertz CT molecular complexity index is 414. The molecule has 0 radical (unpaired) electrons. The quantitative estimate of drug-likeness (QED) is 0.925. The van der Waals surface area contributed by atoms with Crippen molar-refractivity contribution in [1.29, 1.82) is 0 Å². The minimum atomic E-state index is -1.29. The van der Waals surface area contributed by atoms with Crippen LogP contribution >= 0.6 is 34.8 Å². The Morgan fingerprint density at radius 3 is 1.62 bits per heavy atom. The van der Waals surface area contributed by atoms with Gasteiger partial charge in [0.25, 0.3) is 0 Å². The summed E-state index contributed by atoms with van der Waals surface area (Å²) in [6.07, 6.45) is 0. The second-order valence-corrected chi connectivity index (χ2v) is 3.82. The van der Waals surface area contributed by atoms with Crippen LogP contribution in [0.2, 0.25) is 15.1 Å². The maximum atomic E-state index is 11.0. The van der Waals surface area contributed by atoms with Crippen molar-refractivity contribution in [2.75, 3.05) is 14.2 Å². The molecule has 1 N–H and O–H groups in total. The van der Waals surface area contributed by atoms with Crippen molar-refractivity contribution in [3.63, 3.8) is 0 Å². The number of methoxy groups -OCH3 is 2. The van der Waals surface area contributed by atoms with Gasteiger partial charge in [0.15, 0.2) is 11.5 Å². The summed E-state index contributed by atoms with van der Waals surface area (Å²) in [7, 11) is 2.62. The van der Waals surface area contributed by atoms with Gasteiger partial charge in [-0.2, -0.15) is 0 Å². The zero-order valence-corrected chi connectivity index (χ0v) is 10.6. The molecule has 1 rings (SSSR count). The van der Waals surface area contributed by atoms with Gasteiger partial charge in [-0.3, -0.25) is 0 Å². The molecule has 1 aromatic carbocycles. The third kappa shape index (κ3) is 2.00. The van der Waals surface area contributed by atoms with Gasteiger partial charge in [0.1, 0.15) is 20.6 Å². The van der Waals surface area contributed by atoms with Crippen molar-refractivity contribution in [3.05, 3.63) is 20.6 Å². The van der Waals surface area contributed by atoms with Crippen molar-refractivity contribution in [3.8, 4) is 11.5 Å². The molecule has 0 unspecified atom stereocenters. The van der Waals surface area contributed by atoms with E-state index in [1.54, 1.807) is 0 Å². The number of halogens is 3. The van der Waals surface area contributed by atoms with Gasteiger partial charge < -0.3 is 14.6 Å². The predicted octanol–water partition coefficient (Wildman–Crippen LogP) is 3.36. The van der Waals surface area contributed by atoms with Gasteiger partial charge in [-0.05, 0) is 0 Å². The number of hydrogen-bond acceptors (Lipinski definition) is 3. The largest absolute Gasteiger partial charge is 0.493 e. The highest BCUT2D eigenvalue weighted by Crippen LogP contribution is 2.47. The number of ether oxygens (including phenoxy) is 2. The molecule has 0 atom stereocenters. The number of carboxylic acid groups (broad SMARTS) is 1. The van der Waals surface area contributed by atoms with E-state index in [-0.39, 0.29) is 32.1 Å². The number of aromatic carboxylic acids is 1. The van der Waals surface area contributed by atoms with Crippen LogP contribution in [0, 0.1) is 0 Å². The first-order valence-corrected chi connectivity index (χ1v) is 5.10. The monoisotopic (exact) mass is 284 g/mol. The molecule has 0 amide bonds. The second kappa shape index (κ2) is 4.99. The zero-order chi connectivity index (χ0) is 12.5. The van der Waals surface area contributed by atoms with Crippen molar-refractivity contribution in [2.45, 2.75) is 0 Å². The molecule has 88 valence electrons.